The Morgan fingerprint density at radius 1 is 1.27 bits per heavy atom. The molecule has 0 aliphatic carbocycles. The zero-order valence-electron chi connectivity index (χ0n) is 7.47. The van der Waals surface area contributed by atoms with E-state index in [-0.39, 0.29) is 6.04 Å². The highest BCUT2D eigenvalue weighted by atomic mass is 16.1. The molecular weight excluding hydrogens is 138 g/mol. The molecule has 1 heterocycles. The number of carbonyl (C=O) groups is 1. The van der Waals surface area contributed by atoms with Gasteiger partial charge in [-0.25, -0.2) is 0 Å². The number of nitrogens with zero attached hydrogens (tertiary/aromatic N) is 1. The Balaban J connectivity index is 2.38. The molecule has 0 saturated carbocycles. The molecule has 0 amide bonds. The van der Waals surface area contributed by atoms with E-state index in [0.717, 1.165) is 13.1 Å². The molecule has 1 aliphatic rings. The third-order valence-electron chi connectivity index (χ3n) is 2.53. The molecule has 0 aromatic rings. The Morgan fingerprint density at radius 2 is 1.82 bits per heavy atom. The van der Waals surface area contributed by atoms with E-state index in [4.69, 9.17) is 0 Å². The van der Waals surface area contributed by atoms with Crippen LogP contribution in [0.4, 0.5) is 0 Å². The first-order valence-electron chi connectivity index (χ1n) is 4.46. The third kappa shape index (κ3) is 2.29. The van der Waals surface area contributed by atoms with Gasteiger partial charge in [0.2, 0.25) is 0 Å². The molecule has 1 aliphatic heterocycles. The van der Waals surface area contributed by atoms with Crippen molar-refractivity contribution in [2.45, 2.75) is 39.2 Å². The standard InChI is InChI=1S/C9H17NO/c1-8(9(2)11)10-6-4-3-5-7-10/h8H,3-7H2,1-2H3/t8-/m1/s1. The highest BCUT2D eigenvalue weighted by Crippen LogP contribution is 2.11. The van der Waals surface area contributed by atoms with Crippen LogP contribution in [0.25, 0.3) is 0 Å². The number of ketones is 1. The Hall–Kier alpha value is -0.370. The normalized spacial score (nSPS) is 23.1. The van der Waals surface area contributed by atoms with E-state index in [0.29, 0.717) is 5.78 Å². The van der Waals surface area contributed by atoms with Crippen LogP contribution in [0.3, 0.4) is 0 Å². The number of likely N-dealkylation sites (tertiary alicyclic amines) is 1. The van der Waals surface area contributed by atoms with Gasteiger partial charge >= 0.3 is 0 Å². The summed E-state index contributed by atoms with van der Waals surface area (Å²) in [5.74, 6) is 0.298. The second-order valence-corrected chi connectivity index (χ2v) is 3.38. The molecule has 11 heavy (non-hydrogen) atoms. The van der Waals surface area contributed by atoms with Gasteiger partial charge in [0.15, 0.2) is 0 Å². The van der Waals surface area contributed by atoms with Crippen molar-refractivity contribution in [1.82, 2.24) is 4.90 Å². The Bertz CT molecular complexity index is 138. The monoisotopic (exact) mass is 155 g/mol. The van der Waals surface area contributed by atoms with E-state index in [1.54, 1.807) is 6.92 Å². The van der Waals surface area contributed by atoms with E-state index in [9.17, 15) is 4.79 Å². The lowest BCUT2D eigenvalue weighted by molar-refractivity contribution is -0.121. The van der Waals surface area contributed by atoms with Gasteiger partial charge in [0.25, 0.3) is 0 Å². The second kappa shape index (κ2) is 3.86. The average molecular weight is 155 g/mol. The summed E-state index contributed by atoms with van der Waals surface area (Å²) < 4.78 is 0. The van der Waals surface area contributed by atoms with Crippen LogP contribution in [0, 0.1) is 0 Å². The van der Waals surface area contributed by atoms with Gasteiger partial charge in [0.1, 0.15) is 5.78 Å². The SMILES string of the molecule is CC(=O)[C@@H](C)N1CCCCC1. The highest BCUT2D eigenvalue weighted by molar-refractivity contribution is 5.80. The molecule has 1 saturated heterocycles. The fraction of sp³-hybridized carbons (Fsp3) is 0.889. The molecular formula is C9H17NO. The Kier molecular flexibility index (Phi) is 3.06. The summed E-state index contributed by atoms with van der Waals surface area (Å²) in [6, 6.07) is 0.148. The fourth-order valence-electron chi connectivity index (χ4n) is 1.56. The van der Waals surface area contributed by atoms with Crippen LogP contribution in [0.5, 0.6) is 0 Å². The van der Waals surface area contributed by atoms with Crippen LogP contribution < -0.4 is 0 Å². The van der Waals surface area contributed by atoms with Crippen LogP contribution in [-0.2, 0) is 4.79 Å². The van der Waals surface area contributed by atoms with Crippen molar-refractivity contribution in [2.75, 3.05) is 13.1 Å². The third-order valence-corrected chi connectivity index (χ3v) is 2.53. The minimum atomic E-state index is 0.148. The number of carbonyl (C=O) groups excluding carboxylic acids is 1. The molecule has 1 atom stereocenters. The van der Waals surface area contributed by atoms with Gasteiger partial charge in [-0.1, -0.05) is 6.42 Å². The molecule has 0 unspecified atom stereocenters. The van der Waals surface area contributed by atoms with Crippen molar-refractivity contribution < 1.29 is 4.79 Å². The summed E-state index contributed by atoms with van der Waals surface area (Å²) in [4.78, 5) is 13.3. The van der Waals surface area contributed by atoms with Gasteiger partial charge in [-0.2, -0.15) is 0 Å². The maximum absolute atomic E-state index is 11.0. The van der Waals surface area contributed by atoms with Gasteiger partial charge < -0.3 is 0 Å². The maximum atomic E-state index is 11.0. The summed E-state index contributed by atoms with van der Waals surface area (Å²) in [7, 11) is 0. The first kappa shape index (κ1) is 8.72. The zero-order chi connectivity index (χ0) is 8.27. The molecule has 2 nitrogen and oxygen atoms in total. The van der Waals surface area contributed by atoms with Crippen LogP contribution in [0.15, 0.2) is 0 Å². The van der Waals surface area contributed by atoms with E-state index in [2.05, 4.69) is 4.90 Å². The van der Waals surface area contributed by atoms with E-state index >= 15 is 0 Å². The summed E-state index contributed by atoms with van der Waals surface area (Å²) in [5, 5.41) is 0. The Labute approximate surface area is 68.6 Å². The fourth-order valence-corrected chi connectivity index (χ4v) is 1.56. The molecule has 0 bridgehead atoms. The lowest BCUT2D eigenvalue weighted by atomic mass is 10.1. The molecule has 2 heteroatoms. The van der Waals surface area contributed by atoms with Crippen molar-refractivity contribution in [3.63, 3.8) is 0 Å². The summed E-state index contributed by atoms with van der Waals surface area (Å²) in [6.07, 6.45) is 3.86. The van der Waals surface area contributed by atoms with Crippen molar-refractivity contribution >= 4 is 5.78 Å². The highest BCUT2D eigenvalue weighted by Gasteiger charge is 2.19. The van der Waals surface area contributed by atoms with Gasteiger partial charge in [-0.05, 0) is 39.8 Å². The van der Waals surface area contributed by atoms with Crippen LogP contribution >= 0.6 is 0 Å². The van der Waals surface area contributed by atoms with Gasteiger partial charge in [-0.3, -0.25) is 9.69 Å². The van der Waals surface area contributed by atoms with Crippen molar-refractivity contribution in [1.29, 1.82) is 0 Å². The smallest absolute Gasteiger partial charge is 0.146 e. The molecule has 0 aromatic heterocycles. The number of rotatable bonds is 2. The maximum Gasteiger partial charge on any atom is 0.146 e. The summed E-state index contributed by atoms with van der Waals surface area (Å²) >= 11 is 0. The topological polar surface area (TPSA) is 20.3 Å². The number of piperidine rings is 1. The Morgan fingerprint density at radius 3 is 2.27 bits per heavy atom. The predicted molar refractivity (Wildman–Crippen MR) is 45.6 cm³/mol. The summed E-state index contributed by atoms with van der Waals surface area (Å²) in [5.41, 5.74) is 0. The first-order chi connectivity index (χ1) is 5.22. The minimum Gasteiger partial charge on any atom is -0.298 e. The first-order valence-corrected chi connectivity index (χ1v) is 4.46. The van der Waals surface area contributed by atoms with Gasteiger partial charge in [0.05, 0.1) is 6.04 Å². The summed E-state index contributed by atoms with van der Waals surface area (Å²) in [6.45, 7) is 5.91. The van der Waals surface area contributed by atoms with Gasteiger partial charge in [-0.15, -0.1) is 0 Å². The second-order valence-electron chi connectivity index (χ2n) is 3.38. The number of Topliss-reactive ketones (excluding diaryl/α,β-unsaturated/α-hetero) is 1. The van der Waals surface area contributed by atoms with Crippen molar-refractivity contribution in [2.24, 2.45) is 0 Å². The lowest BCUT2D eigenvalue weighted by Crippen LogP contribution is -2.41. The lowest BCUT2D eigenvalue weighted by Gasteiger charge is -2.30. The molecule has 0 radical (unpaired) electrons. The van der Waals surface area contributed by atoms with Crippen molar-refractivity contribution in [3.05, 3.63) is 0 Å². The zero-order valence-corrected chi connectivity index (χ0v) is 7.47. The molecule has 1 fully saturated rings. The van der Waals surface area contributed by atoms with Crippen LogP contribution in [0.1, 0.15) is 33.1 Å². The molecule has 0 aromatic carbocycles. The van der Waals surface area contributed by atoms with Gasteiger partial charge in [0, 0.05) is 0 Å². The van der Waals surface area contributed by atoms with Crippen LogP contribution in [-0.4, -0.2) is 29.8 Å². The number of hydrogen-bond donors (Lipinski definition) is 0. The average Bonchev–Trinajstić information content (AvgIpc) is 2.05. The van der Waals surface area contributed by atoms with E-state index in [1.807, 2.05) is 6.92 Å². The predicted octanol–water partition coefficient (Wildman–Crippen LogP) is 1.45. The van der Waals surface area contributed by atoms with E-state index < -0.39 is 0 Å². The minimum absolute atomic E-state index is 0.148. The molecule has 0 N–H and O–H groups in total. The molecule has 64 valence electrons. The van der Waals surface area contributed by atoms with Crippen LogP contribution in [0.2, 0.25) is 0 Å². The van der Waals surface area contributed by atoms with E-state index in [1.165, 1.54) is 19.3 Å². The van der Waals surface area contributed by atoms with Crippen molar-refractivity contribution in [3.8, 4) is 0 Å². The molecule has 0 spiro atoms. The molecule has 1 rings (SSSR count). The number of hydrogen-bond acceptors (Lipinski definition) is 2. The largest absolute Gasteiger partial charge is 0.298 e. The quantitative estimate of drug-likeness (QED) is 0.601.